The molecule has 0 aliphatic carbocycles. The molecule has 0 aliphatic heterocycles. The van der Waals surface area contributed by atoms with Crippen LogP contribution in [0.2, 0.25) is 0 Å². The van der Waals surface area contributed by atoms with Crippen LogP contribution in [-0.4, -0.2) is 28.2 Å². The summed E-state index contributed by atoms with van der Waals surface area (Å²) in [6.07, 6.45) is 1.59. The topological polar surface area (TPSA) is 63.5 Å². The first-order valence-electron chi connectivity index (χ1n) is 8.17. The van der Waals surface area contributed by atoms with Gasteiger partial charge in [0.25, 0.3) is 0 Å². The molecule has 0 saturated carbocycles. The highest BCUT2D eigenvalue weighted by molar-refractivity contribution is 7.80. The molecule has 0 bridgehead atoms. The zero-order valence-corrected chi connectivity index (χ0v) is 15.6. The summed E-state index contributed by atoms with van der Waals surface area (Å²) in [4.78, 5) is 0. The predicted molar refractivity (Wildman–Crippen MR) is 107 cm³/mol. The lowest BCUT2D eigenvalue weighted by Gasteiger charge is -2.10. The Morgan fingerprint density at radius 2 is 1.89 bits per heavy atom. The summed E-state index contributed by atoms with van der Waals surface area (Å²) >= 11 is 5.01. The average molecular weight is 383 g/mol. The molecule has 0 aliphatic rings. The number of aromatic nitrogens is 2. The standard InChI is InChI=1S/C19H18FN5OS/c1-13-17(12-22-23-19(27)21-2)18(26-16-10-8-14(20)9-11-16)25(24-13)15-6-4-3-5-7-15/h3-12H,1-2H3,(H2,21,23,27)/b22-12+. The van der Waals surface area contributed by atoms with Gasteiger partial charge in [-0.05, 0) is 55.5 Å². The Labute approximate surface area is 161 Å². The number of hydrazone groups is 1. The Morgan fingerprint density at radius 1 is 1.19 bits per heavy atom. The fraction of sp³-hybridized carbons (Fsp3) is 0.105. The molecule has 0 unspecified atom stereocenters. The number of benzene rings is 2. The third-order valence-electron chi connectivity index (χ3n) is 3.68. The number of para-hydroxylation sites is 1. The van der Waals surface area contributed by atoms with Crippen molar-refractivity contribution in [2.24, 2.45) is 5.10 Å². The molecule has 1 aromatic heterocycles. The van der Waals surface area contributed by atoms with Gasteiger partial charge in [0, 0.05) is 7.05 Å². The molecular formula is C19H18FN5OS. The van der Waals surface area contributed by atoms with E-state index in [2.05, 4.69) is 20.9 Å². The number of ether oxygens (including phenoxy) is 1. The summed E-state index contributed by atoms with van der Waals surface area (Å²) in [6, 6.07) is 15.4. The molecule has 0 radical (unpaired) electrons. The van der Waals surface area contributed by atoms with Gasteiger partial charge in [0.05, 0.1) is 23.2 Å². The molecule has 6 nitrogen and oxygen atoms in total. The van der Waals surface area contributed by atoms with Gasteiger partial charge in [-0.25, -0.2) is 4.39 Å². The second kappa shape index (κ2) is 8.41. The summed E-state index contributed by atoms with van der Waals surface area (Å²) in [5.74, 6) is 0.620. The maximum Gasteiger partial charge on any atom is 0.231 e. The van der Waals surface area contributed by atoms with Crippen LogP contribution in [0.5, 0.6) is 11.6 Å². The van der Waals surface area contributed by atoms with Gasteiger partial charge < -0.3 is 10.1 Å². The summed E-state index contributed by atoms with van der Waals surface area (Å²) in [5, 5.41) is 11.9. The van der Waals surface area contributed by atoms with Crippen LogP contribution in [0.3, 0.4) is 0 Å². The van der Waals surface area contributed by atoms with E-state index in [1.807, 2.05) is 37.3 Å². The summed E-state index contributed by atoms with van der Waals surface area (Å²) in [7, 11) is 1.70. The van der Waals surface area contributed by atoms with Crippen molar-refractivity contribution in [2.45, 2.75) is 6.92 Å². The number of aryl methyl sites for hydroxylation is 1. The van der Waals surface area contributed by atoms with Crippen LogP contribution in [0.4, 0.5) is 4.39 Å². The molecular weight excluding hydrogens is 365 g/mol. The van der Waals surface area contributed by atoms with Crippen LogP contribution in [-0.2, 0) is 0 Å². The van der Waals surface area contributed by atoms with Crippen LogP contribution in [0.15, 0.2) is 59.7 Å². The van der Waals surface area contributed by atoms with Gasteiger partial charge in [-0.2, -0.15) is 14.9 Å². The minimum absolute atomic E-state index is 0.332. The Hall–Kier alpha value is -3.26. The van der Waals surface area contributed by atoms with Crippen molar-refractivity contribution < 1.29 is 9.13 Å². The molecule has 27 heavy (non-hydrogen) atoms. The van der Waals surface area contributed by atoms with Crippen LogP contribution in [0.1, 0.15) is 11.3 Å². The largest absolute Gasteiger partial charge is 0.438 e. The van der Waals surface area contributed by atoms with Crippen molar-refractivity contribution in [3.05, 3.63) is 71.7 Å². The van der Waals surface area contributed by atoms with Gasteiger partial charge in [0.15, 0.2) is 5.11 Å². The zero-order valence-electron chi connectivity index (χ0n) is 14.8. The van der Waals surface area contributed by atoms with Crippen LogP contribution in [0, 0.1) is 12.7 Å². The van der Waals surface area contributed by atoms with E-state index >= 15 is 0 Å². The molecule has 0 saturated heterocycles. The third kappa shape index (κ3) is 4.48. The highest BCUT2D eigenvalue weighted by atomic mass is 32.1. The van der Waals surface area contributed by atoms with Crippen LogP contribution < -0.4 is 15.5 Å². The predicted octanol–water partition coefficient (Wildman–Crippen LogP) is 3.54. The van der Waals surface area contributed by atoms with Crippen molar-refractivity contribution in [3.63, 3.8) is 0 Å². The monoisotopic (exact) mass is 383 g/mol. The summed E-state index contributed by atoms with van der Waals surface area (Å²) < 4.78 is 20.9. The number of nitrogens with zero attached hydrogens (tertiary/aromatic N) is 3. The molecule has 0 spiro atoms. The maximum atomic E-state index is 13.2. The number of hydrogen-bond donors (Lipinski definition) is 2. The van der Waals surface area contributed by atoms with Gasteiger partial charge in [-0.1, -0.05) is 18.2 Å². The van der Waals surface area contributed by atoms with E-state index in [-0.39, 0.29) is 5.82 Å². The molecule has 0 fully saturated rings. The van der Waals surface area contributed by atoms with Crippen molar-refractivity contribution in [2.75, 3.05) is 7.05 Å². The van der Waals surface area contributed by atoms with Gasteiger partial charge in [0.1, 0.15) is 11.6 Å². The van der Waals surface area contributed by atoms with E-state index in [4.69, 9.17) is 17.0 Å². The van der Waals surface area contributed by atoms with Crippen molar-refractivity contribution in [3.8, 4) is 17.3 Å². The number of hydrogen-bond acceptors (Lipinski definition) is 4. The van der Waals surface area contributed by atoms with Gasteiger partial charge in [-0.3, -0.25) is 5.43 Å². The summed E-state index contributed by atoms with van der Waals surface area (Å²) in [6.45, 7) is 1.86. The highest BCUT2D eigenvalue weighted by Gasteiger charge is 2.17. The lowest BCUT2D eigenvalue weighted by Crippen LogP contribution is -2.28. The Balaban J connectivity index is 2.02. The summed E-state index contributed by atoms with van der Waals surface area (Å²) in [5.41, 5.74) is 4.93. The molecule has 8 heteroatoms. The average Bonchev–Trinajstić information content (AvgIpc) is 3.00. The molecule has 1 heterocycles. The first-order chi connectivity index (χ1) is 13.1. The lowest BCUT2D eigenvalue weighted by atomic mass is 10.2. The molecule has 0 amide bonds. The number of thiocarbonyl (C=S) groups is 1. The number of halogens is 1. The van der Waals surface area contributed by atoms with E-state index < -0.39 is 0 Å². The molecule has 3 aromatic rings. The lowest BCUT2D eigenvalue weighted by molar-refractivity contribution is 0.442. The molecule has 3 rings (SSSR count). The van der Waals surface area contributed by atoms with E-state index in [0.717, 1.165) is 11.4 Å². The van der Waals surface area contributed by atoms with E-state index in [1.54, 1.807) is 30.1 Å². The number of nitrogens with one attached hydrogen (secondary N) is 2. The molecule has 138 valence electrons. The van der Waals surface area contributed by atoms with Gasteiger partial charge in [-0.15, -0.1) is 0 Å². The first kappa shape index (κ1) is 18.5. The minimum atomic E-state index is -0.332. The quantitative estimate of drug-likeness (QED) is 0.401. The Morgan fingerprint density at radius 3 is 2.56 bits per heavy atom. The molecule has 2 aromatic carbocycles. The van der Waals surface area contributed by atoms with E-state index in [1.165, 1.54) is 12.1 Å². The van der Waals surface area contributed by atoms with Crippen molar-refractivity contribution in [1.82, 2.24) is 20.5 Å². The second-order valence-corrected chi connectivity index (χ2v) is 5.96. The minimum Gasteiger partial charge on any atom is -0.438 e. The fourth-order valence-corrected chi connectivity index (χ4v) is 2.39. The fourth-order valence-electron chi connectivity index (χ4n) is 2.33. The smallest absolute Gasteiger partial charge is 0.231 e. The van der Waals surface area contributed by atoms with E-state index in [0.29, 0.717) is 22.3 Å². The second-order valence-electron chi connectivity index (χ2n) is 5.56. The Bertz CT molecular complexity index is 954. The van der Waals surface area contributed by atoms with Crippen LogP contribution >= 0.6 is 12.2 Å². The van der Waals surface area contributed by atoms with Gasteiger partial charge >= 0.3 is 0 Å². The van der Waals surface area contributed by atoms with E-state index in [9.17, 15) is 4.39 Å². The van der Waals surface area contributed by atoms with Crippen molar-refractivity contribution >= 4 is 23.5 Å². The van der Waals surface area contributed by atoms with Crippen LogP contribution in [0.25, 0.3) is 5.69 Å². The molecule has 2 N–H and O–H groups in total. The number of rotatable bonds is 5. The maximum absolute atomic E-state index is 13.2. The zero-order chi connectivity index (χ0) is 19.2. The third-order valence-corrected chi connectivity index (χ3v) is 3.97. The highest BCUT2D eigenvalue weighted by Crippen LogP contribution is 2.29. The normalized spacial score (nSPS) is 10.8. The Kier molecular flexibility index (Phi) is 5.77. The van der Waals surface area contributed by atoms with Crippen molar-refractivity contribution in [1.29, 1.82) is 0 Å². The molecule has 0 atom stereocenters. The first-order valence-corrected chi connectivity index (χ1v) is 8.58. The SMILES string of the molecule is CNC(=S)N/N=C/c1c(C)nn(-c2ccccc2)c1Oc1ccc(F)cc1. The van der Waals surface area contributed by atoms with Gasteiger partial charge in [0.2, 0.25) is 5.88 Å².